The van der Waals surface area contributed by atoms with E-state index in [0.717, 1.165) is 13.1 Å². The van der Waals surface area contributed by atoms with Gasteiger partial charge in [0.1, 0.15) is 6.17 Å². The number of hydrogen-bond donors (Lipinski definition) is 0. The van der Waals surface area contributed by atoms with Crippen LogP contribution in [0.4, 0.5) is 11.4 Å². The molecule has 4 rings (SSSR count). The number of nitrogens with zero attached hydrogens (tertiary/aromatic N) is 2. The van der Waals surface area contributed by atoms with E-state index in [9.17, 15) is 0 Å². The summed E-state index contributed by atoms with van der Waals surface area (Å²) < 4.78 is 0. The van der Waals surface area contributed by atoms with Crippen molar-refractivity contribution in [2.24, 2.45) is 0 Å². The zero-order valence-corrected chi connectivity index (χ0v) is 15.9. The van der Waals surface area contributed by atoms with E-state index >= 15 is 0 Å². The van der Waals surface area contributed by atoms with Crippen molar-refractivity contribution in [2.75, 3.05) is 22.9 Å². The number of thiophene rings is 1. The molecule has 3 heteroatoms. The van der Waals surface area contributed by atoms with Gasteiger partial charge in [0, 0.05) is 34.2 Å². The van der Waals surface area contributed by atoms with Gasteiger partial charge in [-0.1, -0.05) is 24.3 Å². The van der Waals surface area contributed by atoms with Crippen molar-refractivity contribution in [3.63, 3.8) is 0 Å². The van der Waals surface area contributed by atoms with E-state index in [1.807, 2.05) is 11.3 Å². The summed E-state index contributed by atoms with van der Waals surface area (Å²) >= 11 is 1.91. The topological polar surface area (TPSA) is 6.48 Å². The maximum Gasteiger partial charge on any atom is 0.138 e. The molecular formula is C22H24N2S. The van der Waals surface area contributed by atoms with Crippen molar-refractivity contribution in [3.05, 3.63) is 81.5 Å². The quantitative estimate of drug-likeness (QED) is 0.599. The van der Waals surface area contributed by atoms with Gasteiger partial charge >= 0.3 is 0 Å². The van der Waals surface area contributed by atoms with Crippen molar-refractivity contribution in [1.82, 2.24) is 0 Å². The first-order valence-electron chi connectivity index (χ1n) is 8.85. The van der Waals surface area contributed by atoms with Gasteiger partial charge in [0.2, 0.25) is 0 Å². The molecule has 2 nitrogen and oxygen atoms in total. The van der Waals surface area contributed by atoms with Crippen LogP contribution in [-0.2, 0) is 0 Å². The molecule has 0 saturated carbocycles. The van der Waals surface area contributed by atoms with E-state index in [1.165, 1.54) is 32.3 Å². The van der Waals surface area contributed by atoms with Crippen molar-refractivity contribution in [2.45, 2.75) is 26.9 Å². The molecule has 128 valence electrons. The van der Waals surface area contributed by atoms with Crippen LogP contribution in [0, 0.1) is 20.8 Å². The first-order valence-corrected chi connectivity index (χ1v) is 9.66. The highest BCUT2D eigenvalue weighted by Crippen LogP contribution is 2.40. The van der Waals surface area contributed by atoms with Crippen LogP contribution in [0.15, 0.2) is 60.7 Å². The van der Waals surface area contributed by atoms with Crippen molar-refractivity contribution < 1.29 is 0 Å². The Balaban J connectivity index is 1.78. The van der Waals surface area contributed by atoms with Gasteiger partial charge in [-0.25, -0.2) is 0 Å². The van der Waals surface area contributed by atoms with E-state index in [2.05, 4.69) is 91.2 Å². The standard InChI is InChI=1S/C22H24N2S/c1-16-6-4-8-19(14-16)23-12-13-24(20-9-5-7-17(2)15-20)22(23)21-11-10-18(3)25-21/h4-11,14-15,22H,12-13H2,1-3H3. The zero-order valence-electron chi connectivity index (χ0n) is 15.1. The highest BCUT2D eigenvalue weighted by molar-refractivity contribution is 7.12. The molecule has 1 saturated heterocycles. The van der Waals surface area contributed by atoms with Crippen LogP contribution in [0.25, 0.3) is 0 Å². The van der Waals surface area contributed by atoms with Crippen LogP contribution in [-0.4, -0.2) is 13.1 Å². The fourth-order valence-corrected chi connectivity index (χ4v) is 4.69. The molecule has 0 amide bonds. The molecule has 0 unspecified atom stereocenters. The summed E-state index contributed by atoms with van der Waals surface area (Å²) in [5.41, 5.74) is 5.25. The van der Waals surface area contributed by atoms with Crippen molar-refractivity contribution >= 4 is 22.7 Å². The van der Waals surface area contributed by atoms with E-state index in [-0.39, 0.29) is 6.17 Å². The molecule has 0 aliphatic carbocycles. The predicted octanol–water partition coefficient (Wildman–Crippen LogP) is 5.70. The lowest BCUT2D eigenvalue weighted by Gasteiger charge is -2.32. The lowest BCUT2D eigenvalue weighted by Crippen LogP contribution is -2.30. The third-order valence-electron chi connectivity index (χ3n) is 4.85. The van der Waals surface area contributed by atoms with Gasteiger partial charge in [0.25, 0.3) is 0 Å². The van der Waals surface area contributed by atoms with Crippen molar-refractivity contribution in [1.29, 1.82) is 0 Å². The highest BCUT2D eigenvalue weighted by Gasteiger charge is 2.34. The molecule has 0 radical (unpaired) electrons. The molecule has 1 fully saturated rings. The Morgan fingerprint density at radius 3 is 1.76 bits per heavy atom. The Kier molecular flexibility index (Phi) is 4.26. The fourth-order valence-electron chi connectivity index (χ4n) is 3.68. The largest absolute Gasteiger partial charge is 0.345 e. The first-order chi connectivity index (χ1) is 12.1. The second-order valence-corrected chi connectivity index (χ2v) is 8.21. The summed E-state index contributed by atoms with van der Waals surface area (Å²) in [5.74, 6) is 0. The van der Waals surface area contributed by atoms with Crippen LogP contribution >= 0.6 is 11.3 Å². The molecule has 0 bridgehead atoms. The number of benzene rings is 2. The lowest BCUT2D eigenvalue weighted by atomic mass is 10.2. The number of rotatable bonds is 3. The second kappa shape index (κ2) is 6.57. The number of anilines is 2. The summed E-state index contributed by atoms with van der Waals surface area (Å²) in [4.78, 5) is 7.87. The third-order valence-corrected chi connectivity index (χ3v) is 5.90. The summed E-state index contributed by atoms with van der Waals surface area (Å²) in [7, 11) is 0. The number of aryl methyl sites for hydroxylation is 3. The molecule has 0 spiro atoms. The molecule has 2 heterocycles. The smallest absolute Gasteiger partial charge is 0.138 e. The average Bonchev–Trinajstić information content (AvgIpc) is 3.20. The maximum atomic E-state index is 2.54. The Morgan fingerprint density at radius 2 is 1.32 bits per heavy atom. The Bertz CT molecular complexity index is 829. The van der Waals surface area contributed by atoms with Gasteiger partial charge in [0.05, 0.1) is 0 Å². The summed E-state index contributed by atoms with van der Waals surface area (Å²) in [6.45, 7) is 8.61. The van der Waals surface area contributed by atoms with Gasteiger partial charge in [0.15, 0.2) is 0 Å². The van der Waals surface area contributed by atoms with Crippen LogP contribution in [0.3, 0.4) is 0 Å². The van der Waals surface area contributed by atoms with Gasteiger partial charge < -0.3 is 9.80 Å². The van der Waals surface area contributed by atoms with E-state index in [0.29, 0.717) is 0 Å². The first kappa shape index (κ1) is 16.2. The average molecular weight is 349 g/mol. The van der Waals surface area contributed by atoms with Crippen LogP contribution in [0.1, 0.15) is 27.0 Å². The minimum absolute atomic E-state index is 0.266. The monoisotopic (exact) mass is 348 g/mol. The summed E-state index contributed by atoms with van der Waals surface area (Å²) in [6.07, 6.45) is 0.266. The summed E-state index contributed by atoms with van der Waals surface area (Å²) in [5, 5.41) is 0. The molecule has 3 aromatic rings. The molecule has 1 aliphatic rings. The van der Waals surface area contributed by atoms with Crippen LogP contribution < -0.4 is 9.80 Å². The third kappa shape index (κ3) is 3.16. The minimum atomic E-state index is 0.266. The van der Waals surface area contributed by atoms with E-state index in [1.54, 1.807) is 0 Å². The lowest BCUT2D eigenvalue weighted by molar-refractivity contribution is 0.731. The molecule has 1 aliphatic heterocycles. The Morgan fingerprint density at radius 1 is 0.760 bits per heavy atom. The molecule has 1 aromatic heterocycles. The van der Waals surface area contributed by atoms with E-state index < -0.39 is 0 Å². The molecule has 0 N–H and O–H groups in total. The number of hydrogen-bond acceptors (Lipinski definition) is 3. The molecule has 0 atom stereocenters. The zero-order chi connectivity index (χ0) is 17.4. The summed E-state index contributed by atoms with van der Waals surface area (Å²) in [6, 6.07) is 22.3. The van der Waals surface area contributed by atoms with Gasteiger partial charge in [-0.3, -0.25) is 0 Å². The molecule has 2 aromatic carbocycles. The second-order valence-electron chi connectivity index (χ2n) is 6.89. The normalized spacial score (nSPS) is 15.2. The molecular weight excluding hydrogens is 324 g/mol. The van der Waals surface area contributed by atoms with Gasteiger partial charge in [-0.2, -0.15) is 0 Å². The Labute approximate surface area is 154 Å². The molecule has 25 heavy (non-hydrogen) atoms. The van der Waals surface area contributed by atoms with E-state index in [4.69, 9.17) is 0 Å². The van der Waals surface area contributed by atoms with Crippen molar-refractivity contribution in [3.8, 4) is 0 Å². The van der Waals surface area contributed by atoms with Crippen LogP contribution in [0.5, 0.6) is 0 Å². The highest BCUT2D eigenvalue weighted by atomic mass is 32.1. The van der Waals surface area contributed by atoms with Crippen LogP contribution in [0.2, 0.25) is 0 Å². The van der Waals surface area contributed by atoms with Gasteiger partial charge in [-0.15, -0.1) is 11.3 Å². The SMILES string of the molecule is Cc1cccc(N2CCN(c3cccc(C)c3)C2c2ccc(C)s2)c1. The minimum Gasteiger partial charge on any atom is -0.345 e. The maximum absolute atomic E-state index is 2.54. The van der Waals surface area contributed by atoms with Gasteiger partial charge in [-0.05, 0) is 68.3 Å². The fraction of sp³-hybridized carbons (Fsp3) is 0.273. The predicted molar refractivity (Wildman–Crippen MR) is 109 cm³/mol. The Hall–Kier alpha value is -2.26.